The van der Waals surface area contributed by atoms with Gasteiger partial charge in [0.15, 0.2) is 11.5 Å². The minimum atomic E-state index is -0.227. The normalized spacial score (nSPS) is 12.2. The molecule has 0 bridgehead atoms. The van der Waals surface area contributed by atoms with Crippen LogP contribution < -0.4 is 4.74 Å². The van der Waals surface area contributed by atoms with Crippen LogP contribution in [0.4, 0.5) is 0 Å². The van der Waals surface area contributed by atoms with Crippen molar-refractivity contribution in [3.8, 4) is 28.7 Å². The topological polar surface area (TPSA) is 90.2 Å². The molecule has 5 nitrogen and oxygen atoms in total. The molecule has 0 radical (unpaired) electrons. The van der Waals surface area contributed by atoms with E-state index in [1.807, 2.05) is 13.0 Å². The summed E-state index contributed by atoms with van der Waals surface area (Å²) in [4.78, 5) is 0. The third-order valence-electron chi connectivity index (χ3n) is 4.66. The van der Waals surface area contributed by atoms with Crippen molar-refractivity contribution in [1.29, 1.82) is 0 Å². The van der Waals surface area contributed by atoms with Crippen molar-refractivity contribution in [3.05, 3.63) is 76.9 Å². The quantitative estimate of drug-likeness (QED) is 0.477. The van der Waals surface area contributed by atoms with Gasteiger partial charge in [-0.25, -0.2) is 0 Å². The lowest BCUT2D eigenvalue weighted by Crippen LogP contribution is -2.00. The number of rotatable bonds is 5. The highest BCUT2D eigenvalue weighted by atomic mass is 16.5. The lowest BCUT2D eigenvalue weighted by atomic mass is 9.88. The van der Waals surface area contributed by atoms with E-state index in [4.69, 9.17) is 4.74 Å². The lowest BCUT2D eigenvalue weighted by molar-refractivity contribution is 0.372. The van der Waals surface area contributed by atoms with Gasteiger partial charge in [0, 0.05) is 17.5 Å². The first-order chi connectivity index (χ1) is 13.4. The number of ether oxygens (including phenoxy) is 1. The van der Waals surface area contributed by atoms with Gasteiger partial charge in [-0.05, 0) is 47.0 Å². The molecule has 1 unspecified atom stereocenters. The molecule has 0 aliphatic carbocycles. The van der Waals surface area contributed by atoms with Crippen molar-refractivity contribution >= 4 is 12.2 Å². The monoisotopic (exact) mass is 378 g/mol. The predicted octanol–water partition coefficient (Wildman–Crippen LogP) is 4.84. The van der Waals surface area contributed by atoms with Crippen molar-refractivity contribution < 1.29 is 25.2 Å². The summed E-state index contributed by atoms with van der Waals surface area (Å²) >= 11 is 0. The van der Waals surface area contributed by atoms with E-state index in [2.05, 4.69) is 0 Å². The van der Waals surface area contributed by atoms with Crippen molar-refractivity contribution in [2.24, 2.45) is 0 Å². The number of hydrogen-bond acceptors (Lipinski definition) is 5. The van der Waals surface area contributed by atoms with E-state index in [0.29, 0.717) is 16.9 Å². The fourth-order valence-corrected chi connectivity index (χ4v) is 3.16. The number of hydrogen-bond donors (Lipinski definition) is 4. The molecule has 0 aliphatic rings. The molecule has 3 rings (SSSR count). The molecule has 3 aromatic carbocycles. The predicted molar refractivity (Wildman–Crippen MR) is 109 cm³/mol. The molecule has 0 amide bonds. The molecule has 0 saturated carbocycles. The van der Waals surface area contributed by atoms with Crippen LogP contribution in [0.5, 0.6) is 28.7 Å². The zero-order valence-electron chi connectivity index (χ0n) is 15.6. The third kappa shape index (κ3) is 4.04. The molecule has 28 heavy (non-hydrogen) atoms. The second-order valence-corrected chi connectivity index (χ2v) is 6.55. The van der Waals surface area contributed by atoms with Gasteiger partial charge in [-0.1, -0.05) is 37.3 Å². The first-order valence-corrected chi connectivity index (χ1v) is 8.79. The largest absolute Gasteiger partial charge is 0.508 e. The summed E-state index contributed by atoms with van der Waals surface area (Å²) in [7, 11) is 1.48. The van der Waals surface area contributed by atoms with E-state index in [9.17, 15) is 20.4 Å². The van der Waals surface area contributed by atoms with E-state index >= 15 is 0 Å². The highest BCUT2D eigenvalue weighted by molar-refractivity contribution is 5.74. The Morgan fingerprint density at radius 1 is 0.786 bits per heavy atom. The minimum Gasteiger partial charge on any atom is -0.508 e. The molecule has 0 aromatic heterocycles. The number of benzene rings is 3. The van der Waals surface area contributed by atoms with Crippen LogP contribution in [0.3, 0.4) is 0 Å². The SMILES string of the molecule is COc1cc(C(C)c2c(O)cc(O)cc2C=Cc2ccc(O)cc2)ccc1O. The van der Waals surface area contributed by atoms with Crippen LogP contribution >= 0.6 is 0 Å². The van der Waals surface area contributed by atoms with Gasteiger partial charge in [0.25, 0.3) is 0 Å². The molecular formula is C23H22O5. The lowest BCUT2D eigenvalue weighted by Gasteiger charge is -2.18. The maximum atomic E-state index is 10.5. The Morgan fingerprint density at radius 3 is 2.18 bits per heavy atom. The maximum absolute atomic E-state index is 10.5. The number of methoxy groups -OCH3 is 1. The Bertz CT molecular complexity index is 1010. The first kappa shape index (κ1) is 19.2. The van der Waals surface area contributed by atoms with E-state index in [1.165, 1.54) is 13.2 Å². The van der Waals surface area contributed by atoms with Crippen LogP contribution in [0.1, 0.15) is 35.1 Å². The summed E-state index contributed by atoms with van der Waals surface area (Å²) in [6, 6.07) is 14.6. The van der Waals surface area contributed by atoms with Crippen LogP contribution in [0.2, 0.25) is 0 Å². The fraction of sp³-hybridized carbons (Fsp3) is 0.130. The molecule has 0 aliphatic heterocycles. The second-order valence-electron chi connectivity index (χ2n) is 6.55. The van der Waals surface area contributed by atoms with Crippen molar-refractivity contribution in [3.63, 3.8) is 0 Å². The van der Waals surface area contributed by atoms with Crippen LogP contribution in [0.15, 0.2) is 54.6 Å². The smallest absolute Gasteiger partial charge is 0.160 e. The Hall–Kier alpha value is -3.60. The molecule has 0 saturated heterocycles. The summed E-state index contributed by atoms with van der Waals surface area (Å²) in [5.41, 5.74) is 3.01. The Balaban J connectivity index is 2.04. The molecule has 5 heteroatoms. The zero-order chi connectivity index (χ0) is 20.3. The summed E-state index contributed by atoms with van der Waals surface area (Å²) < 4.78 is 5.18. The van der Waals surface area contributed by atoms with Gasteiger partial charge in [0.2, 0.25) is 0 Å². The van der Waals surface area contributed by atoms with Gasteiger partial charge in [-0.15, -0.1) is 0 Å². The summed E-state index contributed by atoms with van der Waals surface area (Å²) in [6.45, 7) is 1.93. The molecule has 144 valence electrons. The first-order valence-electron chi connectivity index (χ1n) is 8.79. The highest BCUT2D eigenvalue weighted by Gasteiger charge is 2.19. The molecule has 0 heterocycles. The van der Waals surface area contributed by atoms with Crippen molar-refractivity contribution in [2.45, 2.75) is 12.8 Å². The molecule has 3 aromatic rings. The van der Waals surface area contributed by atoms with Gasteiger partial charge in [-0.3, -0.25) is 0 Å². The molecule has 0 fully saturated rings. The Kier molecular flexibility index (Phi) is 5.45. The van der Waals surface area contributed by atoms with Gasteiger partial charge >= 0.3 is 0 Å². The third-order valence-corrected chi connectivity index (χ3v) is 4.66. The Labute approximate surface area is 163 Å². The maximum Gasteiger partial charge on any atom is 0.160 e. The second kappa shape index (κ2) is 7.96. The number of phenols is 4. The Morgan fingerprint density at radius 2 is 1.50 bits per heavy atom. The van der Waals surface area contributed by atoms with E-state index < -0.39 is 0 Å². The van der Waals surface area contributed by atoms with Gasteiger partial charge < -0.3 is 25.2 Å². The average Bonchev–Trinajstić information content (AvgIpc) is 2.67. The summed E-state index contributed by atoms with van der Waals surface area (Å²) in [5.74, 6) is 0.286. The standard InChI is InChI=1S/C23H22O5/c1-14(16-7-10-20(26)22(12-16)28-2)23-17(11-19(25)13-21(23)27)6-3-15-4-8-18(24)9-5-15/h3-14,24-27H,1-2H3. The van der Waals surface area contributed by atoms with E-state index in [1.54, 1.807) is 54.6 Å². The zero-order valence-corrected chi connectivity index (χ0v) is 15.6. The van der Waals surface area contributed by atoms with Crippen LogP contribution in [0, 0.1) is 0 Å². The minimum absolute atomic E-state index is 0.0232. The molecule has 4 N–H and O–H groups in total. The molecule has 0 spiro atoms. The highest BCUT2D eigenvalue weighted by Crippen LogP contribution is 2.39. The van der Waals surface area contributed by atoms with Gasteiger partial charge in [0.1, 0.15) is 17.2 Å². The van der Waals surface area contributed by atoms with Crippen LogP contribution in [-0.2, 0) is 0 Å². The number of aromatic hydroxyl groups is 4. The van der Waals surface area contributed by atoms with Gasteiger partial charge in [0.05, 0.1) is 7.11 Å². The molecular weight excluding hydrogens is 356 g/mol. The van der Waals surface area contributed by atoms with Gasteiger partial charge in [-0.2, -0.15) is 0 Å². The fourth-order valence-electron chi connectivity index (χ4n) is 3.16. The molecule has 1 atom stereocenters. The van der Waals surface area contributed by atoms with E-state index in [-0.39, 0.29) is 28.9 Å². The van der Waals surface area contributed by atoms with Crippen LogP contribution in [-0.4, -0.2) is 27.5 Å². The van der Waals surface area contributed by atoms with Crippen molar-refractivity contribution in [2.75, 3.05) is 7.11 Å². The summed E-state index contributed by atoms with van der Waals surface area (Å²) in [6.07, 6.45) is 3.64. The number of phenolic OH excluding ortho intramolecular Hbond substituents is 4. The summed E-state index contributed by atoms with van der Waals surface area (Å²) in [5, 5.41) is 39.7. The van der Waals surface area contributed by atoms with Crippen molar-refractivity contribution in [1.82, 2.24) is 0 Å². The van der Waals surface area contributed by atoms with E-state index in [0.717, 1.165) is 11.1 Å². The van der Waals surface area contributed by atoms with Crippen LogP contribution in [0.25, 0.3) is 12.2 Å². The average molecular weight is 378 g/mol.